The van der Waals surface area contributed by atoms with Gasteiger partial charge in [-0.15, -0.1) is 6.58 Å². The molecule has 0 aromatic rings. The zero-order valence-corrected chi connectivity index (χ0v) is 12.6. The van der Waals surface area contributed by atoms with E-state index >= 15 is 0 Å². The quantitative estimate of drug-likeness (QED) is 0.487. The molecular weight excluding hydrogens is 200 g/mol. The Kier molecular flexibility index (Phi) is 4.81. The lowest BCUT2D eigenvalue weighted by Gasteiger charge is -2.43. The van der Waals surface area contributed by atoms with Crippen molar-refractivity contribution in [3.63, 3.8) is 0 Å². The summed E-state index contributed by atoms with van der Waals surface area (Å²) in [6.07, 6.45) is 4.16. The van der Waals surface area contributed by atoms with Crippen molar-refractivity contribution in [1.82, 2.24) is 0 Å². The standard InChI is InChI=1S/C13H28OSi/c1-9-11-13(6,10-2)14-15(7,8)12(3,4)5/h10H,2,9,11H2,1,3-8H3. The maximum atomic E-state index is 6.40. The zero-order chi connectivity index (χ0) is 12.3. The van der Waals surface area contributed by atoms with Crippen LogP contribution >= 0.6 is 0 Å². The van der Waals surface area contributed by atoms with Gasteiger partial charge in [0.25, 0.3) is 0 Å². The topological polar surface area (TPSA) is 9.23 Å². The molecule has 0 heterocycles. The molecule has 0 aromatic carbocycles. The van der Waals surface area contributed by atoms with Gasteiger partial charge in [0.15, 0.2) is 8.32 Å². The fraction of sp³-hybridized carbons (Fsp3) is 0.846. The molecule has 0 bridgehead atoms. The van der Waals surface area contributed by atoms with E-state index in [1.165, 1.54) is 0 Å². The Balaban J connectivity index is 4.75. The zero-order valence-electron chi connectivity index (χ0n) is 11.6. The minimum Gasteiger partial charge on any atom is -0.408 e. The molecule has 2 heteroatoms. The second-order valence-corrected chi connectivity index (χ2v) is 10.9. The normalized spacial score (nSPS) is 17.3. The second kappa shape index (κ2) is 4.83. The molecule has 0 aliphatic carbocycles. The van der Waals surface area contributed by atoms with Gasteiger partial charge in [-0.1, -0.05) is 40.2 Å². The molecule has 0 spiro atoms. The van der Waals surface area contributed by atoms with Gasteiger partial charge in [-0.25, -0.2) is 0 Å². The van der Waals surface area contributed by atoms with Gasteiger partial charge in [-0.3, -0.25) is 0 Å². The van der Waals surface area contributed by atoms with Crippen molar-refractivity contribution in [3.8, 4) is 0 Å². The molecule has 0 saturated heterocycles. The highest BCUT2D eigenvalue weighted by Crippen LogP contribution is 2.40. The Morgan fingerprint density at radius 2 is 1.67 bits per heavy atom. The van der Waals surface area contributed by atoms with Crippen molar-refractivity contribution in [2.24, 2.45) is 0 Å². The second-order valence-electron chi connectivity index (χ2n) is 6.13. The molecule has 0 rings (SSSR count). The van der Waals surface area contributed by atoms with Gasteiger partial charge in [0.2, 0.25) is 0 Å². The van der Waals surface area contributed by atoms with E-state index in [0.29, 0.717) is 0 Å². The molecule has 1 unspecified atom stereocenters. The van der Waals surface area contributed by atoms with Crippen molar-refractivity contribution in [3.05, 3.63) is 12.7 Å². The summed E-state index contributed by atoms with van der Waals surface area (Å²) in [7, 11) is -1.67. The molecule has 0 aliphatic rings. The van der Waals surface area contributed by atoms with E-state index in [2.05, 4.69) is 54.3 Å². The SMILES string of the molecule is C=CC(C)(CCC)O[Si](C)(C)C(C)(C)C. The summed E-state index contributed by atoms with van der Waals surface area (Å²) in [5.41, 5.74) is -0.141. The van der Waals surface area contributed by atoms with Crippen molar-refractivity contribution in [1.29, 1.82) is 0 Å². The number of hydrogen-bond donors (Lipinski definition) is 0. The first kappa shape index (κ1) is 14.9. The van der Waals surface area contributed by atoms with E-state index in [0.717, 1.165) is 12.8 Å². The maximum absolute atomic E-state index is 6.40. The molecule has 1 atom stereocenters. The van der Waals surface area contributed by atoms with Gasteiger partial charge >= 0.3 is 0 Å². The fourth-order valence-corrected chi connectivity index (χ4v) is 3.08. The fourth-order valence-electron chi connectivity index (χ4n) is 1.43. The van der Waals surface area contributed by atoms with Crippen LogP contribution in [0.2, 0.25) is 18.1 Å². The highest BCUT2D eigenvalue weighted by atomic mass is 28.4. The first-order chi connectivity index (χ1) is 6.58. The van der Waals surface area contributed by atoms with Gasteiger partial charge in [-0.2, -0.15) is 0 Å². The van der Waals surface area contributed by atoms with Gasteiger partial charge in [0, 0.05) is 0 Å². The van der Waals surface area contributed by atoms with Crippen LogP contribution in [0.1, 0.15) is 47.5 Å². The minimum absolute atomic E-state index is 0.141. The number of rotatable bonds is 5. The van der Waals surface area contributed by atoms with Crippen LogP contribution in [-0.2, 0) is 4.43 Å². The van der Waals surface area contributed by atoms with Gasteiger partial charge in [-0.05, 0) is 31.5 Å². The van der Waals surface area contributed by atoms with Crippen LogP contribution in [-0.4, -0.2) is 13.9 Å². The molecule has 0 aromatic heterocycles. The smallest absolute Gasteiger partial charge is 0.193 e. The van der Waals surface area contributed by atoms with Crippen LogP contribution in [0.15, 0.2) is 12.7 Å². The third kappa shape index (κ3) is 4.11. The molecule has 0 N–H and O–H groups in total. The van der Waals surface area contributed by atoms with Gasteiger partial charge in [0.1, 0.15) is 0 Å². The van der Waals surface area contributed by atoms with Gasteiger partial charge in [0.05, 0.1) is 5.60 Å². The number of hydrogen-bond acceptors (Lipinski definition) is 1. The maximum Gasteiger partial charge on any atom is 0.193 e. The van der Waals surface area contributed by atoms with Crippen LogP contribution in [0.25, 0.3) is 0 Å². The molecule has 15 heavy (non-hydrogen) atoms. The molecule has 0 radical (unpaired) electrons. The lowest BCUT2D eigenvalue weighted by Crippen LogP contribution is -2.47. The van der Waals surface area contributed by atoms with Crippen LogP contribution < -0.4 is 0 Å². The van der Waals surface area contributed by atoms with E-state index in [1.54, 1.807) is 0 Å². The predicted octanol–water partition coefficient (Wildman–Crippen LogP) is 4.75. The molecule has 0 fully saturated rings. The molecule has 0 amide bonds. The summed E-state index contributed by atoms with van der Waals surface area (Å²) in [5, 5.41) is 0.269. The molecule has 90 valence electrons. The van der Waals surface area contributed by atoms with E-state index in [9.17, 15) is 0 Å². The van der Waals surface area contributed by atoms with Crippen molar-refractivity contribution in [2.75, 3.05) is 0 Å². The average Bonchev–Trinajstić information content (AvgIpc) is 2.01. The first-order valence-corrected chi connectivity index (χ1v) is 8.82. The third-order valence-electron chi connectivity index (χ3n) is 3.47. The van der Waals surface area contributed by atoms with Gasteiger partial charge < -0.3 is 4.43 Å². The van der Waals surface area contributed by atoms with E-state index in [-0.39, 0.29) is 10.6 Å². The largest absolute Gasteiger partial charge is 0.408 e. The predicted molar refractivity (Wildman–Crippen MR) is 71.8 cm³/mol. The highest BCUT2D eigenvalue weighted by molar-refractivity contribution is 6.74. The summed E-state index contributed by atoms with van der Waals surface area (Å²) in [4.78, 5) is 0. The summed E-state index contributed by atoms with van der Waals surface area (Å²) >= 11 is 0. The van der Waals surface area contributed by atoms with Crippen LogP contribution in [0.4, 0.5) is 0 Å². The summed E-state index contributed by atoms with van der Waals surface area (Å²) in [6.45, 7) is 19.7. The van der Waals surface area contributed by atoms with E-state index in [4.69, 9.17) is 4.43 Å². The van der Waals surface area contributed by atoms with E-state index < -0.39 is 8.32 Å². The Morgan fingerprint density at radius 1 is 1.20 bits per heavy atom. The molecular formula is C13H28OSi. The summed E-state index contributed by atoms with van der Waals surface area (Å²) in [6, 6.07) is 0. The monoisotopic (exact) mass is 228 g/mol. The summed E-state index contributed by atoms with van der Waals surface area (Å²) < 4.78 is 6.40. The van der Waals surface area contributed by atoms with Crippen LogP contribution in [0.3, 0.4) is 0 Å². The molecule has 0 saturated carbocycles. The van der Waals surface area contributed by atoms with E-state index in [1.807, 2.05) is 6.08 Å². The van der Waals surface area contributed by atoms with Crippen LogP contribution in [0, 0.1) is 0 Å². The molecule has 0 aliphatic heterocycles. The Morgan fingerprint density at radius 3 is 1.93 bits per heavy atom. The Bertz CT molecular complexity index is 215. The first-order valence-electron chi connectivity index (χ1n) is 5.92. The Hall–Kier alpha value is -0.0831. The molecule has 1 nitrogen and oxygen atoms in total. The highest BCUT2D eigenvalue weighted by Gasteiger charge is 2.41. The minimum atomic E-state index is -1.67. The van der Waals surface area contributed by atoms with Crippen LogP contribution in [0.5, 0.6) is 0 Å². The van der Waals surface area contributed by atoms with Crippen molar-refractivity contribution in [2.45, 2.75) is 71.2 Å². The van der Waals surface area contributed by atoms with Crippen molar-refractivity contribution >= 4 is 8.32 Å². The Labute approximate surface area is 97.0 Å². The van der Waals surface area contributed by atoms with Crippen molar-refractivity contribution < 1.29 is 4.43 Å². The lowest BCUT2D eigenvalue weighted by molar-refractivity contribution is 0.111. The third-order valence-corrected chi connectivity index (χ3v) is 8.06. The lowest BCUT2D eigenvalue weighted by atomic mass is 10.0. The summed E-state index contributed by atoms with van der Waals surface area (Å²) in [5.74, 6) is 0. The average molecular weight is 228 g/mol.